The molecule has 0 amide bonds. The lowest BCUT2D eigenvalue weighted by Crippen LogP contribution is -2.30. The van der Waals surface area contributed by atoms with Crippen LogP contribution in [0.1, 0.15) is 290 Å². The molecule has 0 saturated heterocycles. The van der Waals surface area contributed by atoms with E-state index in [1.54, 1.807) is 0 Å². The maximum Gasteiger partial charge on any atom is 0.306 e. The third-order valence-corrected chi connectivity index (χ3v) is 11.8. The van der Waals surface area contributed by atoms with Crippen LogP contribution in [-0.4, -0.2) is 37.2 Å². The molecular weight excluding hydrogens is 733 g/mol. The molecule has 0 unspecified atom stereocenters. The van der Waals surface area contributed by atoms with Gasteiger partial charge in [-0.3, -0.25) is 14.4 Å². The minimum absolute atomic E-state index is 0.0677. The Morgan fingerprint density at radius 3 is 0.847 bits per heavy atom. The number of rotatable bonds is 48. The van der Waals surface area contributed by atoms with Gasteiger partial charge >= 0.3 is 17.9 Å². The zero-order valence-corrected chi connectivity index (χ0v) is 39.8. The fourth-order valence-electron chi connectivity index (χ4n) is 7.79. The van der Waals surface area contributed by atoms with E-state index in [-0.39, 0.29) is 31.1 Å². The zero-order valence-electron chi connectivity index (χ0n) is 39.8. The Hall–Kier alpha value is -1.85. The van der Waals surface area contributed by atoms with E-state index in [4.69, 9.17) is 14.2 Å². The van der Waals surface area contributed by atoms with E-state index in [9.17, 15) is 14.4 Å². The number of hydrogen-bond acceptors (Lipinski definition) is 6. The quantitative estimate of drug-likeness (QED) is 0.0263. The van der Waals surface area contributed by atoms with Gasteiger partial charge in [-0.2, -0.15) is 0 Å². The van der Waals surface area contributed by atoms with Gasteiger partial charge in [-0.15, -0.1) is 0 Å². The molecule has 0 aliphatic heterocycles. The average Bonchev–Trinajstić information content (AvgIpc) is 3.23. The van der Waals surface area contributed by atoms with Crippen LogP contribution in [0.15, 0.2) is 12.2 Å². The van der Waals surface area contributed by atoms with Crippen molar-refractivity contribution in [3.8, 4) is 0 Å². The van der Waals surface area contributed by atoms with Gasteiger partial charge in [-0.05, 0) is 44.9 Å². The van der Waals surface area contributed by atoms with Gasteiger partial charge in [-0.25, -0.2) is 0 Å². The van der Waals surface area contributed by atoms with Gasteiger partial charge < -0.3 is 14.2 Å². The number of carbonyl (C=O) groups is 3. The van der Waals surface area contributed by atoms with Gasteiger partial charge in [0.05, 0.1) is 0 Å². The van der Waals surface area contributed by atoms with E-state index in [2.05, 4.69) is 32.9 Å². The minimum atomic E-state index is -0.765. The Labute approximate surface area is 367 Å². The molecule has 348 valence electrons. The van der Waals surface area contributed by atoms with Gasteiger partial charge in [0.2, 0.25) is 0 Å². The van der Waals surface area contributed by atoms with E-state index >= 15 is 0 Å². The van der Waals surface area contributed by atoms with Crippen molar-refractivity contribution in [3.05, 3.63) is 12.2 Å². The lowest BCUT2D eigenvalue weighted by atomic mass is 10.0. The van der Waals surface area contributed by atoms with Crippen molar-refractivity contribution in [1.82, 2.24) is 0 Å². The first-order valence-corrected chi connectivity index (χ1v) is 26.2. The van der Waals surface area contributed by atoms with Crippen molar-refractivity contribution in [2.75, 3.05) is 13.2 Å². The van der Waals surface area contributed by atoms with Crippen LogP contribution in [0.4, 0.5) is 0 Å². The van der Waals surface area contributed by atoms with Gasteiger partial charge in [0.15, 0.2) is 6.10 Å². The summed E-state index contributed by atoms with van der Waals surface area (Å²) in [5.74, 6) is -0.862. The molecule has 0 N–H and O–H groups in total. The number of carbonyl (C=O) groups excluding carboxylic acids is 3. The largest absolute Gasteiger partial charge is 0.462 e. The van der Waals surface area contributed by atoms with E-state index in [1.807, 2.05) is 0 Å². The highest BCUT2D eigenvalue weighted by Crippen LogP contribution is 2.16. The fourth-order valence-corrected chi connectivity index (χ4v) is 7.79. The first kappa shape index (κ1) is 57.1. The Morgan fingerprint density at radius 2 is 0.559 bits per heavy atom. The predicted octanol–water partition coefficient (Wildman–Crippen LogP) is 17.0. The number of unbranched alkanes of at least 4 members (excludes halogenated alkanes) is 35. The predicted molar refractivity (Wildman–Crippen MR) is 252 cm³/mol. The summed E-state index contributed by atoms with van der Waals surface area (Å²) in [6, 6.07) is 0. The Kier molecular flexibility index (Phi) is 47.3. The second kappa shape index (κ2) is 48.8. The molecule has 0 bridgehead atoms. The molecule has 0 aliphatic rings. The molecule has 6 heteroatoms. The zero-order chi connectivity index (χ0) is 43.0. The monoisotopic (exact) mass is 833 g/mol. The Morgan fingerprint density at radius 1 is 0.322 bits per heavy atom. The molecule has 0 aromatic rings. The molecular formula is C53H100O6. The Bertz CT molecular complexity index is 916. The van der Waals surface area contributed by atoms with Crippen LogP contribution in [0, 0.1) is 0 Å². The molecule has 0 saturated carbocycles. The minimum Gasteiger partial charge on any atom is -0.462 e. The fraction of sp³-hybridized carbons (Fsp3) is 0.906. The lowest BCUT2D eigenvalue weighted by Gasteiger charge is -2.18. The third-order valence-electron chi connectivity index (χ3n) is 11.8. The van der Waals surface area contributed by atoms with Crippen LogP contribution >= 0.6 is 0 Å². The highest BCUT2D eigenvalue weighted by atomic mass is 16.6. The standard InChI is InChI=1S/C53H100O6/c1-4-7-10-13-16-19-21-23-25-27-29-31-34-37-40-43-46-52(55)58-49-50(48-57-51(54)45-42-39-36-33-18-15-12-9-6-3)59-53(56)47-44-41-38-35-32-30-28-26-24-22-20-17-14-11-8-5-2/h25,27,50H,4-24,26,28-49H2,1-3H3/b27-25-/t50-/m1/s1. The maximum atomic E-state index is 12.8. The molecule has 0 aromatic heterocycles. The smallest absolute Gasteiger partial charge is 0.306 e. The highest BCUT2D eigenvalue weighted by molar-refractivity contribution is 5.71. The van der Waals surface area contributed by atoms with Crippen LogP contribution in [-0.2, 0) is 28.6 Å². The first-order chi connectivity index (χ1) is 29.0. The van der Waals surface area contributed by atoms with Crippen molar-refractivity contribution < 1.29 is 28.6 Å². The first-order valence-electron chi connectivity index (χ1n) is 26.2. The molecule has 6 nitrogen and oxygen atoms in total. The molecule has 0 aromatic carbocycles. The van der Waals surface area contributed by atoms with Crippen molar-refractivity contribution in [1.29, 1.82) is 0 Å². The van der Waals surface area contributed by atoms with E-state index < -0.39 is 6.10 Å². The third kappa shape index (κ3) is 47.1. The summed E-state index contributed by atoms with van der Waals surface area (Å²) in [5.41, 5.74) is 0. The highest BCUT2D eigenvalue weighted by Gasteiger charge is 2.19. The van der Waals surface area contributed by atoms with Gasteiger partial charge in [0.25, 0.3) is 0 Å². The average molecular weight is 833 g/mol. The number of hydrogen-bond donors (Lipinski definition) is 0. The normalized spacial score (nSPS) is 12.0. The van der Waals surface area contributed by atoms with Crippen LogP contribution in [0.2, 0.25) is 0 Å². The van der Waals surface area contributed by atoms with E-state index in [1.165, 1.54) is 186 Å². The number of allylic oxidation sites excluding steroid dienone is 2. The molecule has 1 atom stereocenters. The summed E-state index contributed by atoms with van der Waals surface area (Å²) in [6.07, 6.45) is 53.4. The van der Waals surface area contributed by atoms with Crippen LogP contribution < -0.4 is 0 Å². The second-order valence-electron chi connectivity index (χ2n) is 17.8. The summed E-state index contributed by atoms with van der Waals surface area (Å²) < 4.78 is 16.8. The summed E-state index contributed by atoms with van der Waals surface area (Å²) in [7, 11) is 0. The molecule has 0 rings (SSSR count). The molecule has 0 spiro atoms. The van der Waals surface area contributed by atoms with Crippen LogP contribution in [0.5, 0.6) is 0 Å². The molecule has 0 fully saturated rings. The maximum absolute atomic E-state index is 12.8. The summed E-state index contributed by atoms with van der Waals surface area (Å²) in [5, 5.41) is 0. The number of esters is 3. The summed E-state index contributed by atoms with van der Waals surface area (Å²) in [6.45, 7) is 6.65. The van der Waals surface area contributed by atoms with E-state index in [0.29, 0.717) is 19.3 Å². The van der Waals surface area contributed by atoms with E-state index in [0.717, 1.165) is 64.2 Å². The topological polar surface area (TPSA) is 78.9 Å². The lowest BCUT2D eigenvalue weighted by molar-refractivity contribution is -0.167. The van der Waals surface area contributed by atoms with Gasteiger partial charge in [0.1, 0.15) is 13.2 Å². The summed E-state index contributed by atoms with van der Waals surface area (Å²) >= 11 is 0. The molecule has 0 aliphatic carbocycles. The van der Waals surface area contributed by atoms with Crippen LogP contribution in [0.3, 0.4) is 0 Å². The molecule has 0 radical (unpaired) electrons. The number of ether oxygens (including phenoxy) is 3. The van der Waals surface area contributed by atoms with Crippen molar-refractivity contribution in [3.63, 3.8) is 0 Å². The van der Waals surface area contributed by atoms with Crippen LogP contribution in [0.25, 0.3) is 0 Å². The molecule has 0 heterocycles. The SMILES string of the molecule is CCCCCCCCC/C=C\CCCCCCCC(=O)OC[C@@H](COC(=O)CCCCCCCCCCC)OC(=O)CCCCCCCCCCCCCCCCCC. The second-order valence-corrected chi connectivity index (χ2v) is 17.8. The summed E-state index contributed by atoms with van der Waals surface area (Å²) in [4.78, 5) is 37.9. The van der Waals surface area contributed by atoms with Gasteiger partial charge in [0, 0.05) is 19.3 Å². The molecule has 59 heavy (non-hydrogen) atoms. The van der Waals surface area contributed by atoms with Crippen molar-refractivity contribution >= 4 is 17.9 Å². The van der Waals surface area contributed by atoms with Gasteiger partial charge in [-0.1, -0.05) is 238 Å². The Balaban J connectivity index is 4.28. The van der Waals surface area contributed by atoms with Crippen molar-refractivity contribution in [2.45, 2.75) is 297 Å². The van der Waals surface area contributed by atoms with Crippen molar-refractivity contribution in [2.24, 2.45) is 0 Å².